The molecule has 1 rings (SSSR count). The minimum absolute atomic E-state index is 0.0573. The van der Waals surface area contributed by atoms with Crippen molar-refractivity contribution in [1.29, 1.82) is 0 Å². The molecule has 0 saturated heterocycles. The fraction of sp³-hybridized carbons (Fsp3) is 0.533. The molecule has 0 atom stereocenters. The molecule has 112 valence electrons. The largest absolute Gasteiger partial charge is 0.491 e. The van der Waals surface area contributed by atoms with Gasteiger partial charge in [0.2, 0.25) is 5.91 Å². The smallest absolute Gasteiger partial charge is 0.221 e. The lowest BCUT2D eigenvalue weighted by Gasteiger charge is -2.13. The van der Waals surface area contributed by atoms with E-state index < -0.39 is 0 Å². The van der Waals surface area contributed by atoms with Crippen LogP contribution in [0.1, 0.15) is 33.6 Å². The number of benzene rings is 1. The van der Waals surface area contributed by atoms with Crippen LogP contribution in [0, 0.1) is 0 Å². The maximum absolute atomic E-state index is 11.5. The summed E-state index contributed by atoms with van der Waals surface area (Å²) in [6.07, 6.45) is 1.49. The van der Waals surface area contributed by atoms with E-state index in [9.17, 15) is 4.79 Å². The first-order valence-corrected chi connectivity index (χ1v) is 7.09. The summed E-state index contributed by atoms with van der Waals surface area (Å²) in [7, 11) is 0. The highest BCUT2D eigenvalue weighted by atomic mass is 16.5. The molecular formula is C15H25N3O2. The molecule has 0 fully saturated rings. The van der Waals surface area contributed by atoms with Crippen molar-refractivity contribution in [2.75, 3.05) is 24.1 Å². The van der Waals surface area contributed by atoms with E-state index in [4.69, 9.17) is 10.5 Å². The Morgan fingerprint density at radius 2 is 2.05 bits per heavy atom. The van der Waals surface area contributed by atoms with Gasteiger partial charge in [0.1, 0.15) is 5.75 Å². The number of nitrogens with two attached hydrogens (primary N) is 1. The van der Waals surface area contributed by atoms with Crippen LogP contribution in [-0.4, -0.2) is 25.1 Å². The van der Waals surface area contributed by atoms with E-state index in [1.807, 2.05) is 32.9 Å². The number of anilines is 2. The van der Waals surface area contributed by atoms with Gasteiger partial charge in [-0.1, -0.05) is 6.92 Å². The number of nitrogens with one attached hydrogen (secondary N) is 2. The summed E-state index contributed by atoms with van der Waals surface area (Å²) in [4.78, 5) is 11.5. The summed E-state index contributed by atoms with van der Waals surface area (Å²) in [5.41, 5.74) is 7.34. The number of hydrogen-bond donors (Lipinski definition) is 3. The summed E-state index contributed by atoms with van der Waals surface area (Å²) in [6, 6.07) is 5.51. The van der Waals surface area contributed by atoms with Crippen LogP contribution < -0.4 is 21.1 Å². The quantitative estimate of drug-likeness (QED) is 0.639. The summed E-state index contributed by atoms with van der Waals surface area (Å²) < 4.78 is 5.62. The molecule has 0 radical (unpaired) electrons. The lowest BCUT2D eigenvalue weighted by Crippen LogP contribution is -2.25. The first-order valence-electron chi connectivity index (χ1n) is 7.09. The van der Waals surface area contributed by atoms with Crippen LogP contribution in [0.25, 0.3) is 0 Å². The fourth-order valence-corrected chi connectivity index (χ4v) is 1.74. The van der Waals surface area contributed by atoms with Gasteiger partial charge in [-0.05, 0) is 26.3 Å². The average molecular weight is 279 g/mol. The van der Waals surface area contributed by atoms with Crippen molar-refractivity contribution in [3.05, 3.63) is 18.2 Å². The number of rotatable bonds is 8. The number of carbonyl (C=O) groups is 1. The lowest BCUT2D eigenvalue weighted by molar-refractivity contribution is -0.120. The number of amides is 1. The molecule has 5 heteroatoms. The fourth-order valence-electron chi connectivity index (χ4n) is 1.74. The molecule has 1 amide bonds. The second-order valence-electron chi connectivity index (χ2n) is 4.98. The van der Waals surface area contributed by atoms with Crippen molar-refractivity contribution in [2.45, 2.75) is 39.7 Å². The third kappa shape index (κ3) is 6.31. The maximum atomic E-state index is 11.5. The topological polar surface area (TPSA) is 76.4 Å². The molecular weight excluding hydrogens is 254 g/mol. The average Bonchev–Trinajstić information content (AvgIpc) is 2.34. The van der Waals surface area contributed by atoms with Gasteiger partial charge in [-0.25, -0.2) is 0 Å². The number of ether oxygens (including phenoxy) is 1. The highest BCUT2D eigenvalue weighted by Crippen LogP contribution is 2.23. The van der Waals surface area contributed by atoms with E-state index in [1.54, 1.807) is 6.07 Å². The summed E-state index contributed by atoms with van der Waals surface area (Å²) in [5.74, 6) is 0.792. The van der Waals surface area contributed by atoms with E-state index in [0.29, 0.717) is 18.7 Å². The van der Waals surface area contributed by atoms with Gasteiger partial charge in [0.25, 0.3) is 0 Å². The Morgan fingerprint density at radius 3 is 2.70 bits per heavy atom. The molecule has 0 unspecified atom stereocenters. The molecule has 0 aliphatic carbocycles. The Labute approximate surface area is 120 Å². The minimum atomic E-state index is 0.0573. The normalized spacial score (nSPS) is 10.4. The van der Waals surface area contributed by atoms with Crippen LogP contribution in [0.15, 0.2) is 18.2 Å². The van der Waals surface area contributed by atoms with Gasteiger partial charge in [0, 0.05) is 43.0 Å². The van der Waals surface area contributed by atoms with E-state index in [0.717, 1.165) is 24.4 Å². The second kappa shape index (κ2) is 8.30. The Morgan fingerprint density at radius 1 is 1.30 bits per heavy atom. The maximum Gasteiger partial charge on any atom is 0.221 e. The highest BCUT2D eigenvalue weighted by Gasteiger charge is 2.03. The van der Waals surface area contributed by atoms with Crippen LogP contribution in [0.3, 0.4) is 0 Å². The molecule has 1 aromatic carbocycles. The van der Waals surface area contributed by atoms with E-state index >= 15 is 0 Å². The van der Waals surface area contributed by atoms with Gasteiger partial charge in [-0.3, -0.25) is 4.79 Å². The molecule has 4 N–H and O–H groups in total. The van der Waals surface area contributed by atoms with Crippen molar-refractivity contribution in [2.24, 2.45) is 0 Å². The van der Waals surface area contributed by atoms with Gasteiger partial charge >= 0.3 is 0 Å². The molecule has 0 saturated carbocycles. The zero-order valence-corrected chi connectivity index (χ0v) is 12.5. The van der Waals surface area contributed by atoms with Crippen LogP contribution in [0.5, 0.6) is 5.75 Å². The first-order chi connectivity index (χ1) is 9.51. The number of carbonyl (C=O) groups excluding carboxylic acids is 1. The third-order valence-corrected chi connectivity index (χ3v) is 2.55. The molecule has 20 heavy (non-hydrogen) atoms. The Hall–Kier alpha value is -1.91. The van der Waals surface area contributed by atoms with Crippen molar-refractivity contribution < 1.29 is 9.53 Å². The molecule has 0 heterocycles. The molecule has 0 aliphatic rings. The van der Waals surface area contributed by atoms with Gasteiger partial charge < -0.3 is 21.1 Å². The molecule has 0 aromatic heterocycles. The molecule has 0 spiro atoms. The SMILES string of the molecule is CCCNC(=O)CCNc1cc(N)cc(OC(C)C)c1. The Balaban J connectivity index is 2.47. The van der Waals surface area contributed by atoms with Crippen molar-refractivity contribution in [3.8, 4) is 5.75 Å². The molecule has 0 aliphatic heterocycles. The van der Waals surface area contributed by atoms with Crippen molar-refractivity contribution >= 4 is 17.3 Å². The van der Waals surface area contributed by atoms with Gasteiger partial charge in [-0.15, -0.1) is 0 Å². The van der Waals surface area contributed by atoms with E-state index in [2.05, 4.69) is 10.6 Å². The number of hydrogen-bond acceptors (Lipinski definition) is 4. The molecule has 1 aromatic rings. The summed E-state index contributed by atoms with van der Waals surface area (Å²) in [5, 5.41) is 6.02. The molecule has 5 nitrogen and oxygen atoms in total. The first kappa shape index (κ1) is 16.1. The Bertz CT molecular complexity index is 433. The van der Waals surface area contributed by atoms with Crippen molar-refractivity contribution in [3.63, 3.8) is 0 Å². The highest BCUT2D eigenvalue weighted by molar-refractivity contribution is 5.76. The zero-order valence-electron chi connectivity index (χ0n) is 12.5. The third-order valence-electron chi connectivity index (χ3n) is 2.55. The minimum Gasteiger partial charge on any atom is -0.491 e. The second-order valence-corrected chi connectivity index (χ2v) is 4.98. The van der Waals surface area contributed by atoms with Gasteiger partial charge in [-0.2, -0.15) is 0 Å². The number of nitrogen functional groups attached to an aromatic ring is 1. The van der Waals surface area contributed by atoms with Gasteiger partial charge in [0.05, 0.1) is 6.10 Å². The van der Waals surface area contributed by atoms with Crippen LogP contribution in [0.2, 0.25) is 0 Å². The van der Waals surface area contributed by atoms with Crippen molar-refractivity contribution in [1.82, 2.24) is 5.32 Å². The van der Waals surface area contributed by atoms with Crippen LogP contribution in [0.4, 0.5) is 11.4 Å². The monoisotopic (exact) mass is 279 g/mol. The van der Waals surface area contributed by atoms with Crippen LogP contribution >= 0.6 is 0 Å². The van der Waals surface area contributed by atoms with Crippen LogP contribution in [-0.2, 0) is 4.79 Å². The Kier molecular flexibility index (Phi) is 6.70. The summed E-state index contributed by atoms with van der Waals surface area (Å²) in [6.45, 7) is 7.26. The summed E-state index contributed by atoms with van der Waals surface area (Å²) >= 11 is 0. The lowest BCUT2D eigenvalue weighted by atomic mass is 10.2. The van der Waals surface area contributed by atoms with Gasteiger partial charge in [0.15, 0.2) is 0 Å². The standard InChI is InChI=1S/C15H25N3O2/c1-4-6-18-15(19)5-7-17-13-8-12(16)9-14(10-13)20-11(2)3/h8-11,17H,4-7,16H2,1-3H3,(H,18,19). The van der Waals surface area contributed by atoms with E-state index in [1.165, 1.54) is 0 Å². The predicted molar refractivity (Wildman–Crippen MR) is 83.0 cm³/mol. The van der Waals surface area contributed by atoms with E-state index in [-0.39, 0.29) is 12.0 Å². The zero-order chi connectivity index (χ0) is 15.0. The molecule has 0 bridgehead atoms. The predicted octanol–water partition coefficient (Wildman–Crippen LogP) is 2.38.